The molecule has 2 amide bonds. The van der Waals surface area contributed by atoms with Gasteiger partial charge in [0.1, 0.15) is 5.75 Å². The zero-order chi connectivity index (χ0) is 19.5. The molecule has 0 aromatic heterocycles. The first-order chi connectivity index (χ1) is 13.2. The van der Waals surface area contributed by atoms with Crippen LogP contribution in [0.5, 0.6) is 5.75 Å². The molecule has 0 unspecified atom stereocenters. The molecule has 0 saturated carbocycles. The standard InChI is InChI=1S/C21H33N3O3/c1-2-27-19-12-11-17(21(26)24-14-8-5-9-15-24)16-18(19)23-20(25)10-6-3-4-7-13-22/h11-12,16H,2-10,13-15,22H2,1H3,(H,23,25). The molecule has 1 fully saturated rings. The van der Waals surface area contributed by atoms with Crippen LogP contribution in [-0.4, -0.2) is 43.0 Å². The minimum absolute atomic E-state index is 0.0232. The minimum atomic E-state index is -0.0497. The number of carbonyl (C=O) groups is 2. The van der Waals surface area contributed by atoms with E-state index in [0.717, 1.165) is 51.6 Å². The Hall–Kier alpha value is -2.08. The molecule has 0 aliphatic carbocycles. The van der Waals surface area contributed by atoms with Crippen molar-refractivity contribution in [1.82, 2.24) is 4.90 Å². The number of piperidine rings is 1. The molecule has 27 heavy (non-hydrogen) atoms. The average Bonchev–Trinajstić information content (AvgIpc) is 2.69. The van der Waals surface area contributed by atoms with Crippen molar-refractivity contribution < 1.29 is 14.3 Å². The second-order valence-corrected chi connectivity index (χ2v) is 7.00. The molecule has 1 aliphatic heterocycles. The van der Waals surface area contributed by atoms with Gasteiger partial charge in [-0.1, -0.05) is 12.8 Å². The number of amides is 2. The zero-order valence-electron chi connectivity index (χ0n) is 16.5. The smallest absolute Gasteiger partial charge is 0.253 e. The van der Waals surface area contributed by atoms with Crippen molar-refractivity contribution in [3.63, 3.8) is 0 Å². The van der Waals surface area contributed by atoms with E-state index in [2.05, 4.69) is 5.32 Å². The first kappa shape index (κ1) is 21.2. The zero-order valence-corrected chi connectivity index (χ0v) is 16.5. The van der Waals surface area contributed by atoms with Crippen LogP contribution < -0.4 is 15.8 Å². The van der Waals surface area contributed by atoms with Gasteiger partial charge in [0.15, 0.2) is 0 Å². The molecule has 3 N–H and O–H groups in total. The van der Waals surface area contributed by atoms with Crippen LogP contribution in [0, 0.1) is 0 Å². The van der Waals surface area contributed by atoms with Crippen molar-refractivity contribution in [3.8, 4) is 5.75 Å². The maximum Gasteiger partial charge on any atom is 0.253 e. The number of carbonyl (C=O) groups excluding carboxylic acids is 2. The van der Waals surface area contributed by atoms with Crippen LogP contribution in [0.15, 0.2) is 18.2 Å². The van der Waals surface area contributed by atoms with Crippen LogP contribution in [0.1, 0.15) is 68.6 Å². The Kier molecular flexibility index (Phi) is 9.11. The third kappa shape index (κ3) is 6.86. The molecular formula is C21H33N3O3. The number of benzene rings is 1. The summed E-state index contributed by atoms with van der Waals surface area (Å²) in [5, 5.41) is 2.93. The number of anilines is 1. The van der Waals surface area contributed by atoms with Crippen molar-refractivity contribution in [2.24, 2.45) is 5.73 Å². The normalized spacial score (nSPS) is 14.1. The summed E-state index contributed by atoms with van der Waals surface area (Å²) in [6, 6.07) is 5.30. The number of nitrogens with two attached hydrogens (primary N) is 1. The lowest BCUT2D eigenvalue weighted by Crippen LogP contribution is -2.35. The van der Waals surface area contributed by atoms with Gasteiger partial charge in [-0.05, 0) is 63.8 Å². The van der Waals surface area contributed by atoms with Crippen molar-refractivity contribution >= 4 is 17.5 Å². The van der Waals surface area contributed by atoms with Crippen LogP contribution in [0.25, 0.3) is 0 Å². The maximum absolute atomic E-state index is 12.7. The monoisotopic (exact) mass is 375 g/mol. The van der Waals surface area contributed by atoms with E-state index >= 15 is 0 Å². The Morgan fingerprint density at radius 1 is 1.11 bits per heavy atom. The summed E-state index contributed by atoms with van der Waals surface area (Å²) in [5.74, 6) is 0.575. The van der Waals surface area contributed by atoms with E-state index < -0.39 is 0 Å². The summed E-state index contributed by atoms with van der Waals surface area (Å²) in [6.07, 6.45) is 7.62. The van der Waals surface area contributed by atoms with E-state index in [-0.39, 0.29) is 11.8 Å². The Morgan fingerprint density at radius 3 is 2.56 bits per heavy atom. The number of likely N-dealkylation sites (tertiary alicyclic amines) is 1. The summed E-state index contributed by atoms with van der Waals surface area (Å²) >= 11 is 0. The van der Waals surface area contributed by atoms with Gasteiger partial charge in [-0.2, -0.15) is 0 Å². The van der Waals surface area contributed by atoms with Crippen LogP contribution in [-0.2, 0) is 4.79 Å². The van der Waals surface area contributed by atoms with Crippen molar-refractivity contribution in [1.29, 1.82) is 0 Å². The molecule has 0 bridgehead atoms. The summed E-state index contributed by atoms with van der Waals surface area (Å²) in [6.45, 7) is 4.70. The van der Waals surface area contributed by atoms with E-state index in [1.54, 1.807) is 18.2 Å². The fourth-order valence-electron chi connectivity index (χ4n) is 3.32. The molecular weight excluding hydrogens is 342 g/mol. The van der Waals surface area contributed by atoms with Gasteiger partial charge in [-0.25, -0.2) is 0 Å². The lowest BCUT2D eigenvalue weighted by Gasteiger charge is -2.27. The van der Waals surface area contributed by atoms with Crippen molar-refractivity contribution in [3.05, 3.63) is 23.8 Å². The fourth-order valence-corrected chi connectivity index (χ4v) is 3.32. The Labute approximate surface area is 162 Å². The molecule has 1 saturated heterocycles. The van der Waals surface area contributed by atoms with Crippen LogP contribution in [0.4, 0.5) is 5.69 Å². The summed E-state index contributed by atoms with van der Waals surface area (Å²) < 4.78 is 5.62. The minimum Gasteiger partial charge on any atom is -0.492 e. The number of ether oxygens (including phenoxy) is 1. The Morgan fingerprint density at radius 2 is 1.85 bits per heavy atom. The van der Waals surface area contributed by atoms with Gasteiger partial charge in [-0.15, -0.1) is 0 Å². The van der Waals surface area contributed by atoms with Gasteiger partial charge in [0.25, 0.3) is 5.91 Å². The highest BCUT2D eigenvalue weighted by molar-refractivity contribution is 5.98. The number of rotatable bonds is 10. The first-order valence-corrected chi connectivity index (χ1v) is 10.2. The van der Waals surface area contributed by atoms with Gasteiger partial charge < -0.3 is 20.7 Å². The molecule has 1 heterocycles. The van der Waals surface area contributed by atoms with E-state index in [4.69, 9.17) is 10.5 Å². The predicted octanol–water partition coefficient (Wildman–Crippen LogP) is 3.56. The number of unbranched alkanes of at least 4 members (excludes halogenated alkanes) is 3. The Balaban J connectivity index is 2.01. The molecule has 6 heteroatoms. The molecule has 150 valence electrons. The van der Waals surface area contributed by atoms with Crippen molar-refractivity contribution in [2.75, 3.05) is 31.6 Å². The molecule has 0 radical (unpaired) electrons. The molecule has 1 aromatic rings. The van der Waals surface area contributed by atoms with E-state index in [9.17, 15) is 9.59 Å². The van der Waals surface area contributed by atoms with Crippen molar-refractivity contribution in [2.45, 2.75) is 58.3 Å². The molecule has 1 aliphatic rings. The molecule has 0 spiro atoms. The highest BCUT2D eigenvalue weighted by Crippen LogP contribution is 2.27. The van der Waals surface area contributed by atoms with E-state index in [1.807, 2.05) is 11.8 Å². The number of nitrogens with zero attached hydrogens (tertiary/aromatic N) is 1. The predicted molar refractivity (Wildman–Crippen MR) is 108 cm³/mol. The van der Waals surface area contributed by atoms with Crippen LogP contribution in [0.2, 0.25) is 0 Å². The van der Waals surface area contributed by atoms with Gasteiger partial charge >= 0.3 is 0 Å². The second kappa shape index (κ2) is 11.6. The topological polar surface area (TPSA) is 84.7 Å². The van der Waals surface area contributed by atoms with Gasteiger partial charge in [0, 0.05) is 25.1 Å². The Bertz CT molecular complexity index is 613. The second-order valence-electron chi connectivity index (χ2n) is 7.00. The van der Waals surface area contributed by atoms with E-state index in [0.29, 0.717) is 36.6 Å². The van der Waals surface area contributed by atoms with Crippen LogP contribution in [0.3, 0.4) is 0 Å². The number of hydrogen-bond donors (Lipinski definition) is 2. The molecule has 0 atom stereocenters. The number of hydrogen-bond acceptors (Lipinski definition) is 4. The summed E-state index contributed by atoms with van der Waals surface area (Å²) in [7, 11) is 0. The fraction of sp³-hybridized carbons (Fsp3) is 0.619. The highest BCUT2D eigenvalue weighted by Gasteiger charge is 2.20. The van der Waals surface area contributed by atoms with Crippen LogP contribution >= 0.6 is 0 Å². The molecule has 1 aromatic carbocycles. The van der Waals surface area contributed by atoms with Gasteiger partial charge in [0.2, 0.25) is 5.91 Å². The molecule has 2 rings (SSSR count). The third-order valence-corrected chi connectivity index (χ3v) is 4.80. The average molecular weight is 376 g/mol. The number of nitrogens with one attached hydrogen (secondary N) is 1. The SMILES string of the molecule is CCOc1ccc(C(=O)N2CCCCC2)cc1NC(=O)CCCCCCN. The maximum atomic E-state index is 12.7. The van der Waals surface area contributed by atoms with Gasteiger partial charge in [0.05, 0.1) is 12.3 Å². The largest absolute Gasteiger partial charge is 0.492 e. The third-order valence-electron chi connectivity index (χ3n) is 4.80. The highest BCUT2D eigenvalue weighted by atomic mass is 16.5. The first-order valence-electron chi connectivity index (χ1n) is 10.2. The lowest BCUT2D eigenvalue weighted by atomic mass is 10.1. The van der Waals surface area contributed by atoms with E-state index in [1.165, 1.54) is 6.42 Å². The van der Waals surface area contributed by atoms with Gasteiger partial charge in [-0.3, -0.25) is 9.59 Å². The molecule has 6 nitrogen and oxygen atoms in total. The summed E-state index contributed by atoms with van der Waals surface area (Å²) in [4.78, 5) is 26.9. The summed E-state index contributed by atoms with van der Waals surface area (Å²) in [5.41, 5.74) is 6.66. The quantitative estimate of drug-likeness (QED) is 0.612. The lowest BCUT2D eigenvalue weighted by molar-refractivity contribution is -0.116.